The van der Waals surface area contributed by atoms with Crippen LogP contribution in [0.1, 0.15) is 26.0 Å². The van der Waals surface area contributed by atoms with E-state index in [0.717, 1.165) is 31.8 Å². The number of aromatic nitrogens is 1. The van der Waals surface area contributed by atoms with Crippen molar-refractivity contribution in [2.75, 3.05) is 13.2 Å². The summed E-state index contributed by atoms with van der Waals surface area (Å²) < 4.78 is 5.67. The molecule has 0 spiro atoms. The third-order valence-electron chi connectivity index (χ3n) is 3.23. The van der Waals surface area contributed by atoms with Crippen molar-refractivity contribution in [2.24, 2.45) is 0 Å². The van der Waals surface area contributed by atoms with Crippen molar-refractivity contribution >= 4 is 0 Å². The quantitative estimate of drug-likeness (QED) is 0.869. The van der Waals surface area contributed by atoms with Gasteiger partial charge >= 0.3 is 0 Å². The molecule has 94 valence electrons. The number of nitrogens with zero attached hydrogens (tertiary/aromatic N) is 2. The van der Waals surface area contributed by atoms with Crippen LogP contribution in [0.4, 0.5) is 0 Å². The van der Waals surface area contributed by atoms with Crippen molar-refractivity contribution in [3.63, 3.8) is 0 Å². The van der Waals surface area contributed by atoms with Gasteiger partial charge in [-0.15, -0.1) is 0 Å². The second-order valence-electron chi connectivity index (χ2n) is 4.64. The Morgan fingerprint density at radius 2 is 2.35 bits per heavy atom. The minimum Gasteiger partial charge on any atom is -0.506 e. The molecule has 1 N–H and O–H groups in total. The van der Waals surface area contributed by atoms with Crippen molar-refractivity contribution in [2.45, 2.75) is 39.0 Å². The number of morpholine rings is 1. The first-order valence-electron chi connectivity index (χ1n) is 6.18. The van der Waals surface area contributed by atoms with Crippen LogP contribution in [-0.4, -0.2) is 40.3 Å². The van der Waals surface area contributed by atoms with Crippen LogP contribution in [0, 0.1) is 0 Å². The van der Waals surface area contributed by atoms with Crippen LogP contribution in [-0.2, 0) is 11.3 Å². The fourth-order valence-electron chi connectivity index (χ4n) is 2.20. The van der Waals surface area contributed by atoms with Gasteiger partial charge in [0.2, 0.25) is 0 Å². The highest BCUT2D eigenvalue weighted by Gasteiger charge is 2.25. The van der Waals surface area contributed by atoms with E-state index >= 15 is 0 Å². The molecule has 17 heavy (non-hydrogen) atoms. The van der Waals surface area contributed by atoms with Crippen LogP contribution in [0.5, 0.6) is 5.75 Å². The second-order valence-corrected chi connectivity index (χ2v) is 4.64. The van der Waals surface area contributed by atoms with Crippen LogP contribution < -0.4 is 0 Å². The van der Waals surface area contributed by atoms with E-state index in [2.05, 4.69) is 23.7 Å². The zero-order chi connectivity index (χ0) is 12.3. The van der Waals surface area contributed by atoms with Gasteiger partial charge in [0.25, 0.3) is 0 Å². The molecule has 0 amide bonds. The van der Waals surface area contributed by atoms with E-state index in [9.17, 15) is 5.11 Å². The lowest BCUT2D eigenvalue weighted by molar-refractivity contribution is -0.0595. The van der Waals surface area contributed by atoms with Crippen LogP contribution in [0.15, 0.2) is 18.3 Å². The maximum Gasteiger partial charge on any atom is 0.133 e. The molecule has 1 aliphatic heterocycles. The molecule has 1 saturated heterocycles. The van der Waals surface area contributed by atoms with Gasteiger partial charge in [0.05, 0.1) is 24.6 Å². The first-order chi connectivity index (χ1) is 8.19. The number of ether oxygens (including phenoxy) is 1. The van der Waals surface area contributed by atoms with Gasteiger partial charge in [-0.25, -0.2) is 0 Å². The highest BCUT2D eigenvalue weighted by molar-refractivity contribution is 5.17. The molecule has 4 heteroatoms. The van der Waals surface area contributed by atoms with Crippen molar-refractivity contribution in [3.05, 3.63) is 24.0 Å². The highest BCUT2D eigenvalue weighted by Crippen LogP contribution is 2.17. The molecule has 0 aromatic carbocycles. The molecule has 1 aromatic heterocycles. The Kier molecular flexibility index (Phi) is 3.97. The SMILES string of the molecule is CCC1COC(C)CN1Cc1ccc(O)cn1. The van der Waals surface area contributed by atoms with E-state index in [1.165, 1.54) is 6.20 Å². The maximum atomic E-state index is 9.21. The summed E-state index contributed by atoms with van der Waals surface area (Å²) in [4.78, 5) is 6.64. The molecular weight excluding hydrogens is 216 g/mol. The number of rotatable bonds is 3. The molecule has 2 heterocycles. The van der Waals surface area contributed by atoms with E-state index in [1.54, 1.807) is 6.07 Å². The number of hydrogen-bond donors (Lipinski definition) is 1. The van der Waals surface area contributed by atoms with Crippen LogP contribution in [0.2, 0.25) is 0 Å². The van der Waals surface area contributed by atoms with E-state index in [0.29, 0.717) is 6.04 Å². The normalized spacial score (nSPS) is 26.0. The lowest BCUT2D eigenvalue weighted by Gasteiger charge is -2.38. The summed E-state index contributed by atoms with van der Waals surface area (Å²) >= 11 is 0. The largest absolute Gasteiger partial charge is 0.506 e. The van der Waals surface area contributed by atoms with E-state index in [-0.39, 0.29) is 11.9 Å². The van der Waals surface area contributed by atoms with Crippen LogP contribution >= 0.6 is 0 Å². The first-order valence-corrected chi connectivity index (χ1v) is 6.18. The smallest absolute Gasteiger partial charge is 0.133 e. The van der Waals surface area contributed by atoms with Crippen LogP contribution in [0.3, 0.4) is 0 Å². The van der Waals surface area contributed by atoms with Gasteiger partial charge in [-0.3, -0.25) is 9.88 Å². The standard InChI is InChI=1S/C13H20N2O2/c1-3-12-9-17-10(2)7-15(12)8-11-4-5-13(16)6-14-11/h4-6,10,12,16H,3,7-9H2,1-2H3. The molecule has 0 radical (unpaired) electrons. The van der Waals surface area contributed by atoms with Crippen molar-refractivity contribution in [3.8, 4) is 5.75 Å². The van der Waals surface area contributed by atoms with Gasteiger partial charge in [0.1, 0.15) is 5.75 Å². The lowest BCUT2D eigenvalue weighted by Crippen LogP contribution is -2.47. The topological polar surface area (TPSA) is 45.6 Å². The minimum atomic E-state index is 0.219. The third kappa shape index (κ3) is 3.17. The Hall–Kier alpha value is -1.13. The molecule has 2 unspecified atom stereocenters. The van der Waals surface area contributed by atoms with Gasteiger partial charge < -0.3 is 9.84 Å². The molecular formula is C13H20N2O2. The fourth-order valence-corrected chi connectivity index (χ4v) is 2.20. The molecule has 0 aliphatic carbocycles. The second kappa shape index (κ2) is 5.47. The predicted octanol–water partition coefficient (Wildman–Crippen LogP) is 1.79. The molecule has 1 aliphatic rings. The summed E-state index contributed by atoms with van der Waals surface area (Å²) in [6, 6.07) is 4.04. The van der Waals surface area contributed by atoms with Gasteiger partial charge in [-0.1, -0.05) is 6.92 Å². The van der Waals surface area contributed by atoms with Crippen molar-refractivity contribution < 1.29 is 9.84 Å². The average molecular weight is 236 g/mol. The Morgan fingerprint density at radius 1 is 1.53 bits per heavy atom. The van der Waals surface area contributed by atoms with E-state index in [1.807, 2.05) is 6.07 Å². The molecule has 0 saturated carbocycles. The van der Waals surface area contributed by atoms with E-state index in [4.69, 9.17) is 4.74 Å². The molecule has 2 atom stereocenters. The van der Waals surface area contributed by atoms with Crippen LogP contribution in [0.25, 0.3) is 0 Å². The Bertz CT molecular complexity index is 353. The Labute approximate surface area is 102 Å². The summed E-state index contributed by atoms with van der Waals surface area (Å²) in [7, 11) is 0. The highest BCUT2D eigenvalue weighted by atomic mass is 16.5. The zero-order valence-electron chi connectivity index (χ0n) is 10.5. The van der Waals surface area contributed by atoms with Crippen molar-refractivity contribution in [1.82, 2.24) is 9.88 Å². The first kappa shape index (κ1) is 12.3. The zero-order valence-corrected chi connectivity index (χ0v) is 10.5. The van der Waals surface area contributed by atoms with Gasteiger partial charge in [0, 0.05) is 19.1 Å². The Balaban J connectivity index is 2.02. The molecule has 1 fully saturated rings. The summed E-state index contributed by atoms with van der Waals surface area (Å²) in [5.41, 5.74) is 0.996. The number of pyridine rings is 1. The fraction of sp³-hybridized carbons (Fsp3) is 0.615. The monoisotopic (exact) mass is 236 g/mol. The lowest BCUT2D eigenvalue weighted by atomic mass is 10.1. The van der Waals surface area contributed by atoms with Gasteiger partial charge in [0.15, 0.2) is 0 Å². The summed E-state index contributed by atoms with van der Waals surface area (Å²) in [5, 5.41) is 9.21. The Morgan fingerprint density at radius 3 is 3.00 bits per heavy atom. The summed E-state index contributed by atoms with van der Waals surface area (Å²) in [5.74, 6) is 0.219. The summed E-state index contributed by atoms with van der Waals surface area (Å²) in [6.45, 7) is 6.85. The third-order valence-corrected chi connectivity index (χ3v) is 3.23. The predicted molar refractivity (Wildman–Crippen MR) is 65.8 cm³/mol. The molecule has 1 aromatic rings. The minimum absolute atomic E-state index is 0.219. The van der Waals surface area contributed by atoms with E-state index < -0.39 is 0 Å². The molecule has 2 rings (SSSR count). The molecule has 0 bridgehead atoms. The number of hydrogen-bond acceptors (Lipinski definition) is 4. The maximum absolute atomic E-state index is 9.21. The summed E-state index contributed by atoms with van der Waals surface area (Å²) in [6.07, 6.45) is 2.88. The van der Waals surface area contributed by atoms with Gasteiger partial charge in [-0.2, -0.15) is 0 Å². The average Bonchev–Trinajstić information content (AvgIpc) is 2.32. The number of aromatic hydroxyl groups is 1. The van der Waals surface area contributed by atoms with Crippen molar-refractivity contribution in [1.29, 1.82) is 0 Å². The van der Waals surface area contributed by atoms with Gasteiger partial charge in [-0.05, 0) is 25.5 Å². The molecule has 4 nitrogen and oxygen atoms in total.